The van der Waals surface area contributed by atoms with Crippen molar-refractivity contribution in [2.45, 2.75) is 38.1 Å². The van der Waals surface area contributed by atoms with E-state index in [4.69, 9.17) is 9.15 Å². The third-order valence-electron chi connectivity index (χ3n) is 5.98. The van der Waals surface area contributed by atoms with Gasteiger partial charge in [0.1, 0.15) is 11.5 Å². The van der Waals surface area contributed by atoms with E-state index < -0.39 is 21.8 Å². The van der Waals surface area contributed by atoms with Gasteiger partial charge in [-0.1, -0.05) is 13.8 Å². The summed E-state index contributed by atoms with van der Waals surface area (Å²) in [6.07, 6.45) is 0.706. The van der Waals surface area contributed by atoms with E-state index in [1.54, 1.807) is 24.3 Å². The summed E-state index contributed by atoms with van der Waals surface area (Å²) in [5.74, 6) is 0.0559. The zero-order chi connectivity index (χ0) is 24.7. The van der Waals surface area contributed by atoms with Gasteiger partial charge >= 0.3 is 5.91 Å². The van der Waals surface area contributed by atoms with Crippen molar-refractivity contribution in [1.29, 1.82) is 0 Å². The van der Waals surface area contributed by atoms with E-state index in [1.807, 2.05) is 0 Å². The molecule has 2 aromatic rings. The maximum Gasteiger partial charge on any atom is 0.305 e. The summed E-state index contributed by atoms with van der Waals surface area (Å²) in [4.78, 5) is 27.2. The molecule has 11 heteroatoms. The minimum atomic E-state index is -3.65. The van der Waals surface area contributed by atoms with Crippen molar-refractivity contribution in [3.8, 4) is 5.75 Å². The molecule has 0 unspecified atom stereocenters. The lowest BCUT2D eigenvalue weighted by molar-refractivity contribution is -0.126. The molecule has 0 aliphatic carbocycles. The van der Waals surface area contributed by atoms with Gasteiger partial charge in [-0.25, -0.2) is 8.42 Å². The molecule has 1 aromatic heterocycles. The van der Waals surface area contributed by atoms with Crippen molar-refractivity contribution in [2.24, 2.45) is 5.92 Å². The number of furan rings is 1. The van der Waals surface area contributed by atoms with Crippen LogP contribution in [0.25, 0.3) is 0 Å². The number of hydrogen-bond acceptors (Lipinski definition) is 7. The van der Waals surface area contributed by atoms with Crippen LogP contribution in [0.4, 0.5) is 0 Å². The molecule has 3 rings (SSSR count). The van der Waals surface area contributed by atoms with Crippen LogP contribution in [0, 0.1) is 5.92 Å². The number of hydrazine groups is 1. The summed E-state index contributed by atoms with van der Waals surface area (Å²) in [7, 11) is -2.13. The van der Waals surface area contributed by atoms with Crippen LogP contribution in [0.1, 0.15) is 43.0 Å². The first-order valence-electron chi connectivity index (χ1n) is 11.3. The van der Waals surface area contributed by atoms with Crippen molar-refractivity contribution in [1.82, 2.24) is 20.1 Å². The van der Waals surface area contributed by atoms with Crippen molar-refractivity contribution in [3.63, 3.8) is 0 Å². The number of carbonyl (C=O) groups is 2. The molecule has 1 fully saturated rings. The Morgan fingerprint density at radius 1 is 1.06 bits per heavy atom. The molecule has 34 heavy (non-hydrogen) atoms. The summed E-state index contributed by atoms with van der Waals surface area (Å²) >= 11 is 0. The van der Waals surface area contributed by atoms with Gasteiger partial charge < -0.3 is 9.15 Å². The quantitative estimate of drug-likeness (QED) is 0.514. The van der Waals surface area contributed by atoms with Crippen molar-refractivity contribution >= 4 is 21.8 Å². The smallest absolute Gasteiger partial charge is 0.305 e. The number of sulfonamides is 1. The van der Waals surface area contributed by atoms with E-state index in [1.165, 1.54) is 23.5 Å². The fourth-order valence-electron chi connectivity index (χ4n) is 3.79. The molecule has 1 saturated heterocycles. The third-order valence-corrected chi connectivity index (χ3v) is 7.89. The fourth-order valence-corrected chi connectivity index (χ4v) is 5.26. The van der Waals surface area contributed by atoms with Gasteiger partial charge in [-0.2, -0.15) is 4.31 Å². The number of amides is 2. The first kappa shape index (κ1) is 25.7. The van der Waals surface area contributed by atoms with Crippen LogP contribution in [-0.4, -0.2) is 62.7 Å². The average molecular weight is 493 g/mol. The molecule has 1 aromatic carbocycles. The van der Waals surface area contributed by atoms with Crippen molar-refractivity contribution < 1.29 is 27.2 Å². The van der Waals surface area contributed by atoms with Crippen LogP contribution in [0.5, 0.6) is 5.75 Å². The number of carbonyl (C=O) groups excluding carboxylic acids is 2. The van der Waals surface area contributed by atoms with Crippen LogP contribution in [0.2, 0.25) is 0 Å². The average Bonchev–Trinajstić information content (AvgIpc) is 3.34. The largest absolute Gasteiger partial charge is 0.497 e. The molecule has 2 amide bonds. The highest BCUT2D eigenvalue weighted by molar-refractivity contribution is 7.89. The SMILES string of the molecule is CCN(CC)Cc1ccc(C(=O)NNC(=O)C2CCN(S(=O)(=O)c3ccc(OC)cc3)CC2)o1. The van der Waals surface area contributed by atoms with Gasteiger partial charge in [0.25, 0.3) is 0 Å². The Morgan fingerprint density at radius 3 is 2.29 bits per heavy atom. The molecule has 1 aliphatic rings. The summed E-state index contributed by atoms with van der Waals surface area (Å²) in [6.45, 7) is 6.87. The van der Waals surface area contributed by atoms with Crippen molar-refractivity contribution in [3.05, 3.63) is 47.9 Å². The molecule has 2 N–H and O–H groups in total. The van der Waals surface area contributed by atoms with Gasteiger partial charge in [-0.3, -0.25) is 25.3 Å². The zero-order valence-electron chi connectivity index (χ0n) is 19.7. The summed E-state index contributed by atoms with van der Waals surface area (Å²) in [5, 5.41) is 0. The molecule has 10 nitrogen and oxygen atoms in total. The Hall–Kier alpha value is -2.89. The molecular weight excluding hydrogens is 460 g/mol. The molecular formula is C23H32N4O6S. The lowest BCUT2D eigenvalue weighted by Crippen LogP contribution is -2.48. The number of benzene rings is 1. The second kappa shape index (κ2) is 11.5. The third kappa shape index (κ3) is 6.16. The summed E-state index contributed by atoms with van der Waals surface area (Å²) in [5.41, 5.74) is 4.81. The monoisotopic (exact) mass is 492 g/mol. The van der Waals surface area contributed by atoms with Gasteiger partial charge in [-0.15, -0.1) is 0 Å². The van der Waals surface area contributed by atoms with Gasteiger partial charge in [0, 0.05) is 19.0 Å². The van der Waals surface area contributed by atoms with E-state index in [0.717, 1.165) is 13.1 Å². The van der Waals surface area contributed by atoms with Gasteiger partial charge in [-0.05, 0) is 62.3 Å². The predicted octanol–water partition coefficient (Wildman–Crippen LogP) is 1.99. The highest BCUT2D eigenvalue weighted by Crippen LogP contribution is 2.25. The maximum atomic E-state index is 12.9. The number of hydrogen-bond donors (Lipinski definition) is 2. The van der Waals surface area contributed by atoms with Gasteiger partial charge in [0.15, 0.2) is 5.76 Å². The Morgan fingerprint density at radius 2 is 1.71 bits per heavy atom. The number of nitrogens with one attached hydrogen (secondary N) is 2. The number of rotatable bonds is 9. The first-order chi connectivity index (χ1) is 16.3. The Kier molecular flexibility index (Phi) is 8.70. The minimum absolute atomic E-state index is 0.114. The number of nitrogens with zero attached hydrogens (tertiary/aromatic N) is 2. The van der Waals surface area contributed by atoms with Crippen LogP contribution in [-0.2, 0) is 21.4 Å². The molecule has 0 bridgehead atoms. The lowest BCUT2D eigenvalue weighted by atomic mass is 9.98. The fraction of sp³-hybridized carbons (Fsp3) is 0.478. The Bertz CT molecular complexity index is 1070. The highest BCUT2D eigenvalue weighted by Gasteiger charge is 2.32. The first-order valence-corrected chi connectivity index (χ1v) is 12.8. The van der Waals surface area contributed by atoms with E-state index in [0.29, 0.717) is 30.9 Å². The number of methoxy groups -OCH3 is 1. The van der Waals surface area contributed by atoms with Crippen LogP contribution >= 0.6 is 0 Å². The molecule has 2 heterocycles. The molecule has 0 saturated carbocycles. The number of ether oxygens (including phenoxy) is 1. The van der Waals surface area contributed by atoms with Crippen LogP contribution in [0.15, 0.2) is 45.7 Å². The zero-order valence-corrected chi connectivity index (χ0v) is 20.6. The maximum absolute atomic E-state index is 12.9. The summed E-state index contributed by atoms with van der Waals surface area (Å²) < 4.78 is 37.7. The van der Waals surface area contributed by atoms with E-state index in [9.17, 15) is 18.0 Å². The normalized spacial score (nSPS) is 15.3. The standard InChI is InChI=1S/C23H32N4O6S/c1-4-26(5-2)16-19-8-11-21(33-19)23(29)25-24-22(28)17-12-14-27(15-13-17)34(30,31)20-9-6-18(32-3)7-10-20/h6-11,17H,4-5,12-16H2,1-3H3,(H,24,28)(H,25,29). The highest BCUT2D eigenvalue weighted by atomic mass is 32.2. The predicted molar refractivity (Wildman–Crippen MR) is 125 cm³/mol. The lowest BCUT2D eigenvalue weighted by Gasteiger charge is -2.30. The second-order valence-corrected chi connectivity index (χ2v) is 9.96. The molecule has 186 valence electrons. The van der Waals surface area contributed by atoms with Crippen molar-refractivity contribution in [2.75, 3.05) is 33.3 Å². The van der Waals surface area contributed by atoms with Crippen LogP contribution < -0.4 is 15.6 Å². The van der Waals surface area contributed by atoms with E-state index >= 15 is 0 Å². The van der Waals surface area contributed by atoms with E-state index in [2.05, 4.69) is 29.6 Å². The van der Waals surface area contributed by atoms with Crippen LogP contribution in [0.3, 0.4) is 0 Å². The van der Waals surface area contributed by atoms with E-state index in [-0.39, 0.29) is 29.7 Å². The number of piperidine rings is 1. The van der Waals surface area contributed by atoms with Gasteiger partial charge in [0.2, 0.25) is 15.9 Å². The second-order valence-electron chi connectivity index (χ2n) is 8.02. The minimum Gasteiger partial charge on any atom is -0.497 e. The Balaban J connectivity index is 1.48. The summed E-state index contributed by atoms with van der Waals surface area (Å²) in [6, 6.07) is 9.52. The van der Waals surface area contributed by atoms with Gasteiger partial charge in [0.05, 0.1) is 18.6 Å². The molecule has 0 atom stereocenters. The molecule has 0 radical (unpaired) electrons. The Labute approximate surface area is 200 Å². The molecule has 0 spiro atoms. The topological polar surface area (TPSA) is 121 Å². The molecule has 1 aliphatic heterocycles.